The highest BCUT2D eigenvalue weighted by molar-refractivity contribution is 5.80. The summed E-state index contributed by atoms with van der Waals surface area (Å²) in [5.74, 6) is 0.337. The molecule has 3 rings (SSSR count). The van der Waals surface area contributed by atoms with Gasteiger partial charge in [-0.05, 0) is 25.5 Å². The van der Waals surface area contributed by atoms with Crippen LogP contribution in [0.4, 0.5) is 5.95 Å². The van der Waals surface area contributed by atoms with Crippen LogP contribution in [0.25, 0.3) is 5.65 Å². The normalized spacial score (nSPS) is 19.0. The number of aryl methyl sites for hydroxylation is 1. The molecule has 0 radical (unpaired) electrons. The molecule has 2 aromatic rings. The van der Waals surface area contributed by atoms with Crippen LogP contribution in [0.5, 0.6) is 0 Å². The molecule has 1 atom stereocenters. The Hall–Kier alpha value is -2.15. The van der Waals surface area contributed by atoms with Crippen molar-refractivity contribution < 1.29 is 9.53 Å². The maximum absolute atomic E-state index is 12.1. The Balaban J connectivity index is 1.94. The first-order valence-corrected chi connectivity index (χ1v) is 7.16. The molecule has 1 unspecified atom stereocenters. The summed E-state index contributed by atoms with van der Waals surface area (Å²) in [7, 11) is 0. The van der Waals surface area contributed by atoms with E-state index < -0.39 is 0 Å². The second-order valence-electron chi connectivity index (χ2n) is 5.04. The van der Waals surface area contributed by atoms with E-state index in [1.54, 1.807) is 4.52 Å². The predicted octanol–water partition coefficient (Wildman–Crippen LogP) is 0.379. The van der Waals surface area contributed by atoms with Crippen LogP contribution >= 0.6 is 0 Å². The third-order valence-electron chi connectivity index (χ3n) is 3.61. The van der Waals surface area contributed by atoms with Crippen LogP contribution in [0, 0.1) is 6.92 Å². The van der Waals surface area contributed by atoms with Gasteiger partial charge in [-0.2, -0.15) is 4.98 Å². The van der Waals surface area contributed by atoms with Crippen LogP contribution in [-0.4, -0.2) is 52.9 Å². The number of piperazine rings is 1. The van der Waals surface area contributed by atoms with E-state index in [4.69, 9.17) is 4.74 Å². The first-order valence-electron chi connectivity index (χ1n) is 7.16. The summed E-state index contributed by atoms with van der Waals surface area (Å²) in [6.45, 7) is 6.21. The van der Waals surface area contributed by atoms with E-state index in [0.29, 0.717) is 25.6 Å². The van der Waals surface area contributed by atoms with Crippen LogP contribution in [0.2, 0.25) is 0 Å². The largest absolute Gasteiger partial charge is 0.464 e. The minimum Gasteiger partial charge on any atom is -0.464 e. The van der Waals surface area contributed by atoms with E-state index in [-0.39, 0.29) is 12.0 Å². The number of pyridine rings is 1. The van der Waals surface area contributed by atoms with Crippen molar-refractivity contribution in [1.82, 2.24) is 19.9 Å². The minimum absolute atomic E-state index is 0.236. The lowest BCUT2D eigenvalue weighted by molar-refractivity contribution is -0.144. The average molecular weight is 289 g/mol. The van der Waals surface area contributed by atoms with Gasteiger partial charge in [0, 0.05) is 25.8 Å². The molecule has 0 saturated carbocycles. The fourth-order valence-corrected chi connectivity index (χ4v) is 2.54. The van der Waals surface area contributed by atoms with Crippen LogP contribution < -0.4 is 10.2 Å². The van der Waals surface area contributed by atoms with Gasteiger partial charge in [-0.1, -0.05) is 6.07 Å². The van der Waals surface area contributed by atoms with Gasteiger partial charge in [0.1, 0.15) is 6.04 Å². The number of carbonyl (C=O) groups is 1. The quantitative estimate of drug-likeness (QED) is 0.824. The molecular weight excluding hydrogens is 270 g/mol. The Labute approximate surface area is 122 Å². The first-order chi connectivity index (χ1) is 10.2. The number of aromatic nitrogens is 3. The standard InChI is InChI=1S/C14H19N5O2/c1-3-21-13(20)11-9-15-6-8-18(11)14-16-12-10(2)5-4-7-19(12)17-14/h4-5,7,11,15H,3,6,8-9H2,1-2H3. The van der Waals surface area contributed by atoms with Crippen molar-refractivity contribution in [2.45, 2.75) is 19.9 Å². The van der Waals surface area contributed by atoms with Crippen LogP contribution in [0.15, 0.2) is 18.3 Å². The number of ether oxygens (including phenoxy) is 1. The van der Waals surface area contributed by atoms with Gasteiger partial charge >= 0.3 is 5.97 Å². The molecule has 0 aliphatic carbocycles. The van der Waals surface area contributed by atoms with Crippen molar-refractivity contribution in [2.24, 2.45) is 0 Å². The summed E-state index contributed by atoms with van der Waals surface area (Å²) in [6.07, 6.45) is 1.86. The molecule has 1 saturated heterocycles. The Morgan fingerprint density at radius 1 is 1.57 bits per heavy atom. The number of hydrogen-bond donors (Lipinski definition) is 1. The molecule has 7 nitrogen and oxygen atoms in total. The smallest absolute Gasteiger partial charge is 0.330 e. The minimum atomic E-state index is -0.378. The van der Waals surface area contributed by atoms with Gasteiger partial charge in [0.25, 0.3) is 0 Å². The molecule has 1 aliphatic rings. The van der Waals surface area contributed by atoms with Crippen molar-refractivity contribution in [1.29, 1.82) is 0 Å². The first kappa shape index (κ1) is 13.8. The fourth-order valence-electron chi connectivity index (χ4n) is 2.54. The molecule has 0 amide bonds. The highest BCUT2D eigenvalue weighted by Gasteiger charge is 2.32. The molecule has 0 bridgehead atoms. The average Bonchev–Trinajstić information content (AvgIpc) is 2.93. The van der Waals surface area contributed by atoms with Crippen LogP contribution in [0.1, 0.15) is 12.5 Å². The molecule has 0 aromatic carbocycles. The number of hydrogen-bond acceptors (Lipinski definition) is 6. The molecular formula is C14H19N5O2. The number of rotatable bonds is 3. The third kappa shape index (κ3) is 2.56. The van der Waals surface area contributed by atoms with Gasteiger partial charge < -0.3 is 15.0 Å². The Morgan fingerprint density at radius 3 is 3.19 bits per heavy atom. The number of anilines is 1. The third-order valence-corrected chi connectivity index (χ3v) is 3.61. The maximum atomic E-state index is 12.1. The number of esters is 1. The lowest BCUT2D eigenvalue weighted by Gasteiger charge is -2.33. The van der Waals surface area contributed by atoms with Crippen LogP contribution in [0.3, 0.4) is 0 Å². The van der Waals surface area contributed by atoms with E-state index in [0.717, 1.165) is 17.8 Å². The van der Waals surface area contributed by atoms with Gasteiger partial charge in [-0.25, -0.2) is 9.31 Å². The van der Waals surface area contributed by atoms with Crippen molar-refractivity contribution >= 4 is 17.6 Å². The van der Waals surface area contributed by atoms with E-state index in [1.165, 1.54) is 0 Å². The topological polar surface area (TPSA) is 71.8 Å². The second kappa shape index (κ2) is 5.69. The molecule has 1 N–H and O–H groups in total. The highest BCUT2D eigenvalue weighted by Crippen LogP contribution is 2.17. The predicted molar refractivity (Wildman–Crippen MR) is 78.4 cm³/mol. The van der Waals surface area contributed by atoms with E-state index >= 15 is 0 Å². The lowest BCUT2D eigenvalue weighted by atomic mass is 10.2. The van der Waals surface area contributed by atoms with Crippen molar-refractivity contribution in [3.05, 3.63) is 23.9 Å². The van der Waals surface area contributed by atoms with Gasteiger partial charge in [-0.15, -0.1) is 5.10 Å². The van der Waals surface area contributed by atoms with Gasteiger partial charge in [0.2, 0.25) is 5.95 Å². The van der Waals surface area contributed by atoms with Crippen LogP contribution in [-0.2, 0) is 9.53 Å². The van der Waals surface area contributed by atoms with Crippen molar-refractivity contribution in [2.75, 3.05) is 31.1 Å². The molecule has 3 heterocycles. The lowest BCUT2D eigenvalue weighted by Crippen LogP contribution is -2.56. The summed E-state index contributed by atoms with van der Waals surface area (Å²) in [5.41, 5.74) is 1.87. The summed E-state index contributed by atoms with van der Waals surface area (Å²) in [4.78, 5) is 18.6. The summed E-state index contributed by atoms with van der Waals surface area (Å²) in [6, 6.07) is 3.55. The Bertz CT molecular complexity index is 654. The highest BCUT2D eigenvalue weighted by atomic mass is 16.5. The van der Waals surface area contributed by atoms with Crippen molar-refractivity contribution in [3.63, 3.8) is 0 Å². The molecule has 1 aliphatic heterocycles. The van der Waals surface area contributed by atoms with Gasteiger partial charge in [0.05, 0.1) is 6.61 Å². The summed E-state index contributed by atoms with van der Waals surface area (Å²) in [5, 5.41) is 7.70. The zero-order valence-corrected chi connectivity index (χ0v) is 12.2. The summed E-state index contributed by atoms with van der Waals surface area (Å²) >= 11 is 0. The van der Waals surface area contributed by atoms with E-state index in [1.807, 2.05) is 37.1 Å². The second-order valence-corrected chi connectivity index (χ2v) is 5.04. The molecule has 0 spiro atoms. The molecule has 7 heteroatoms. The summed E-state index contributed by atoms with van der Waals surface area (Å²) < 4.78 is 6.89. The van der Waals surface area contributed by atoms with E-state index in [2.05, 4.69) is 15.4 Å². The molecule has 112 valence electrons. The SMILES string of the molecule is CCOC(=O)C1CNCCN1c1nc2c(C)cccn2n1. The maximum Gasteiger partial charge on any atom is 0.330 e. The van der Waals surface area contributed by atoms with E-state index in [9.17, 15) is 4.79 Å². The molecule has 2 aromatic heterocycles. The zero-order chi connectivity index (χ0) is 14.8. The fraction of sp³-hybridized carbons (Fsp3) is 0.500. The molecule has 21 heavy (non-hydrogen) atoms. The molecule has 1 fully saturated rings. The number of nitrogens with zero attached hydrogens (tertiary/aromatic N) is 4. The number of carbonyl (C=O) groups excluding carboxylic acids is 1. The number of fused-ring (bicyclic) bond motifs is 1. The number of nitrogens with one attached hydrogen (secondary N) is 1. The Kier molecular flexibility index (Phi) is 3.74. The zero-order valence-electron chi connectivity index (χ0n) is 12.2. The van der Waals surface area contributed by atoms with Gasteiger partial charge in [-0.3, -0.25) is 0 Å². The van der Waals surface area contributed by atoms with Crippen molar-refractivity contribution in [3.8, 4) is 0 Å². The Morgan fingerprint density at radius 2 is 2.43 bits per heavy atom. The monoisotopic (exact) mass is 289 g/mol. The van der Waals surface area contributed by atoms with Gasteiger partial charge in [0.15, 0.2) is 5.65 Å².